The van der Waals surface area contributed by atoms with Crippen molar-refractivity contribution in [2.45, 2.75) is 20.3 Å². The van der Waals surface area contributed by atoms with Gasteiger partial charge in [0.2, 0.25) is 0 Å². The van der Waals surface area contributed by atoms with E-state index in [0.29, 0.717) is 30.9 Å². The highest BCUT2D eigenvalue weighted by molar-refractivity contribution is 5.97. The molecule has 0 aliphatic carbocycles. The van der Waals surface area contributed by atoms with Gasteiger partial charge in [0.1, 0.15) is 5.75 Å². The fourth-order valence-electron chi connectivity index (χ4n) is 1.90. The summed E-state index contributed by atoms with van der Waals surface area (Å²) in [5.41, 5.74) is 7.21. The van der Waals surface area contributed by atoms with E-state index >= 15 is 0 Å². The minimum atomic E-state index is -0.0112. The van der Waals surface area contributed by atoms with Gasteiger partial charge in [-0.05, 0) is 25.5 Å². The van der Waals surface area contributed by atoms with Crippen molar-refractivity contribution in [3.8, 4) is 5.75 Å². The first-order chi connectivity index (χ1) is 8.63. The molecule has 2 N–H and O–H groups in total. The van der Waals surface area contributed by atoms with E-state index in [1.54, 1.807) is 12.0 Å². The number of methoxy groups -OCH3 is 1. The van der Waals surface area contributed by atoms with E-state index in [1.807, 2.05) is 32.0 Å². The molecule has 0 spiro atoms. The Bertz CT molecular complexity index is 399. The molecular formula is C14H22N2O2. The van der Waals surface area contributed by atoms with Crippen molar-refractivity contribution in [2.75, 3.05) is 26.7 Å². The van der Waals surface area contributed by atoms with Crippen LogP contribution in [-0.4, -0.2) is 37.6 Å². The first-order valence-corrected chi connectivity index (χ1v) is 6.28. The molecule has 0 aromatic heterocycles. The van der Waals surface area contributed by atoms with E-state index in [4.69, 9.17) is 10.5 Å². The summed E-state index contributed by atoms with van der Waals surface area (Å²) in [5.74, 6) is 0.603. The maximum absolute atomic E-state index is 12.4. The lowest BCUT2D eigenvalue weighted by Gasteiger charge is -2.22. The van der Waals surface area contributed by atoms with Crippen molar-refractivity contribution >= 4 is 5.91 Å². The second-order valence-corrected chi connectivity index (χ2v) is 4.28. The molecule has 4 nitrogen and oxygen atoms in total. The molecule has 0 radical (unpaired) electrons. The highest BCUT2D eigenvalue weighted by Gasteiger charge is 2.18. The average Bonchev–Trinajstić information content (AvgIpc) is 2.37. The van der Waals surface area contributed by atoms with Gasteiger partial charge < -0.3 is 15.4 Å². The average molecular weight is 250 g/mol. The summed E-state index contributed by atoms with van der Waals surface area (Å²) in [4.78, 5) is 14.2. The van der Waals surface area contributed by atoms with E-state index in [1.165, 1.54) is 0 Å². The van der Waals surface area contributed by atoms with E-state index < -0.39 is 0 Å². The zero-order valence-corrected chi connectivity index (χ0v) is 11.4. The number of hydrogen-bond acceptors (Lipinski definition) is 3. The zero-order valence-electron chi connectivity index (χ0n) is 11.4. The molecule has 0 aliphatic rings. The molecule has 1 aromatic carbocycles. The van der Waals surface area contributed by atoms with Crippen LogP contribution in [-0.2, 0) is 0 Å². The van der Waals surface area contributed by atoms with Gasteiger partial charge in [-0.2, -0.15) is 0 Å². The molecule has 0 atom stereocenters. The predicted octanol–water partition coefficient (Wildman–Crippen LogP) is 1.81. The van der Waals surface area contributed by atoms with Crippen molar-refractivity contribution in [3.63, 3.8) is 0 Å². The SMILES string of the molecule is CCCN(CCN)C(=O)c1cc(C)ccc1OC. The minimum Gasteiger partial charge on any atom is -0.496 e. The number of aryl methyl sites for hydroxylation is 1. The van der Waals surface area contributed by atoms with Gasteiger partial charge in [-0.1, -0.05) is 18.6 Å². The normalized spacial score (nSPS) is 10.2. The van der Waals surface area contributed by atoms with Crippen LogP contribution in [0.3, 0.4) is 0 Å². The summed E-state index contributed by atoms with van der Waals surface area (Å²) in [6.07, 6.45) is 0.917. The first kappa shape index (κ1) is 14.5. The van der Waals surface area contributed by atoms with Gasteiger partial charge in [-0.3, -0.25) is 4.79 Å². The van der Waals surface area contributed by atoms with Gasteiger partial charge in [0.15, 0.2) is 0 Å². The number of rotatable bonds is 6. The van der Waals surface area contributed by atoms with Crippen LogP contribution in [0.25, 0.3) is 0 Å². The van der Waals surface area contributed by atoms with E-state index in [9.17, 15) is 4.79 Å². The molecule has 0 fully saturated rings. The number of benzene rings is 1. The topological polar surface area (TPSA) is 55.6 Å². The number of nitrogens with zero attached hydrogens (tertiary/aromatic N) is 1. The molecule has 0 heterocycles. The molecule has 1 rings (SSSR count). The molecular weight excluding hydrogens is 228 g/mol. The monoisotopic (exact) mass is 250 g/mol. The molecule has 18 heavy (non-hydrogen) atoms. The van der Waals surface area contributed by atoms with Crippen LogP contribution in [0.15, 0.2) is 18.2 Å². The summed E-state index contributed by atoms with van der Waals surface area (Å²) in [7, 11) is 1.58. The third-order valence-corrected chi connectivity index (χ3v) is 2.77. The number of carbonyl (C=O) groups is 1. The highest BCUT2D eigenvalue weighted by atomic mass is 16.5. The van der Waals surface area contributed by atoms with Crippen LogP contribution in [0, 0.1) is 6.92 Å². The van der Waals surface area contributed by atoms with Crippen LogP contribution in [0.4, 0.5) is 0 Å². The largest absolute Gasteiger partial charge is 0.496 e. The Labute approximate surface area is 109 Å². The summed E-state index contributed by atoms with van der Waals surface area (Å²) < 4.78 is 5.25. The summed E-state index contributed by atoms with van der Waals surface area (Å²) in [6, 6.07) is 5.62. The quantitative estimate of drug-likeness (QED) is 0.837. The predicted molar refractivity (Wildman–Crippen MR) is 73.0 cm³/mol. The van der Waals surface area contributed by atoms with Crippen molar-refractivity contribution < 1.29 is 9.53 Å². The molecule has 0 saturated heterocycles. The van der Waals surface area contributed by atoms with Gasteiger partial charge in [-0.15, -0.1) is 0 Å². The Kier molecular flexibility index (Phi) is 5.65. The van der Waals surface area contributed by atoms with Crippen LogP contribution in [0.5, 0.6) is 5.75 Å². The van der Waals surface area contributed by atoms with Crippen LogP contribution in [0.2, 0.25) is 0 Å². The van der Waals surface area contributed by atoms with Crippen LogP contribution in [0.1, 0.15) is 29.3 Å². The number of nitrogens with two attached hydrogens (primary N) is 1. The van der Waals surface area contributed by atoms with Gasteiger partial charge in [0, 0.05) is 19.6 Å². The molecule has 1 aromatic rings. The lowest BCUT2D eigenvalue weighted by Crippen LogP contribution is -2.36. The van der Waals surface area contributed by atoms with E-state index in [2.05, 4.69) is 0 Å². The van der Waals surface area contributed by atoms with Crippen LogP contribution >= 0.6 is 0 Å². The highest BCUT2D eigenvalue weighted by Crippen LogP contribution is 2.21. The number of ether oxygens (including phenoxy) is 1. The molecule has 0 saturated carbocycles. The van der Waals surface area contributed by atoms with Gasteiger partial charge >= 0.3 is 0 Å². The molecule has 100 valence electrons. The Morgan fingerprint density at radius 2 is 2.11 bits per heavy atom. The van der Waals surface area contributed by atoms with E-state index in [-0.39, 0.29) is 5.91 Å². The minimum absolute atomic E-state index is 0.0112. The van der Waals surface area contributed by atoms with E-state index in [0.717, 1.165) is 12.0 Å². The second kappa shape index (κ2) is 7.01. The molecule has 4 heteroatoms. The molecule has 0 unspecified atom stereocenters. The van der Waals surface area contributed by atoms with Gasteiger partial charge in [0.05, 0.1) is 12.7 Å². The fourth-order valence-corrected chi connectivity index (χ4v) is 1.90. The summed E-state index contributed by atoms with van der Waals surface area (Å²) >= 11 is 0. The van der Waals surface area contributed by atoms with Crippen molar-refractivity contribution in [2.24, 2.45) is 5.73 Å². The Hall–Kier alpha value is -1.55. The zero-order chi connectivity index (χ0) is 13.5. The van der Waals surface area contributed by atoms with Crippen molar-refractivity contribution in [3.05, 3.63) is 29.3 Å². The molecule has 0 aliphatic heterocycles. The fraction of sp³-hybridized carbons (Fsp3) is 0.500. The summed E-state index contributed by atoms with van der Waals surface area (Å²) in [5, 5.41) is 0. The third-order valence-electron chi connectivity index (χ3n) is 2.77. The molecule has 1 amide bonds. The van der Waals surface area contributed by atoms with Gasteiger partial charge in [0.25, 0.3) is 5.91 Å². The maximum atomic E-state index is 12.4. The Morgan fingerprint density at radius 3 is 2.67 bits per heavy atom. The lowest BCUT2D eigenvalue weighted by atomic mass is 10.1. The number of amides is 1. The summed E-state index contributed by atoms with van der Waals surface area (Å²) in [6.45, 7) is 5.77. The van der Waals surface area contributed by atoms with Gasteiger partial charge in [-0.25, -0.2) is 0 Å². The standard InChI is InChI=1S/C14H22N2O2/c1-4-8-16(9-7-15)14(17)12-10-11(2)5-6-13(12)18-3/h5-6,10H,4,7-9,15H2,1-3H3. The first-order valence-electron chi connectivity index (χ1n) is 6.28. The van der Waals surface area contributed by atoms with Crippen LogP contribution < -0.4 is 10.5 Å². The Morgan fingerprint density at radius 1 is 1.39 bits per heavy atom. The number of hydrogen-bond donors (Lipinski definition) is 1. The molecule has 0 bridgehead atoms. The number of carbonyl (C=O) groups excluding carboxylic acids is 1. The van der Waals surface area contributed by atoms with Crippen molar-refractivity contribution in [1.29, 1.82) is 0 Å². The lowest BCUT2D eigenvalue weighted by molar-refractivity contribution is 0.0757. The third kappa shape index (κ3) is 3.47. The maximum Gasteiger partial charge on any atom is 0.257 e. The van der Waals surface area contributed by atoms with Crippen molar-refractivity contribution in [1.82, 2.24) is 4.90 Å². The second-order valence-electron chi connectivity index (χ2n) is 4.28. The smallest absolute Gasteiger partial charge is 0.257 e. The Balaban J connectivity index is 3.02.